The van der Waals surface area contributed by atoms with E-state index in [0.29, 0.717) is 27.9 Å². The maximum Gasteiger partial charge on any atom is 0.277 e. The maximum absolute atomic E-state index is 5.69. The highest BCUT2D eigenvalue weighted by Gasteiger charge is 2.20. The molecule has 21 heavy (non-hydrogen) atoms. The van der Waals surface area contributed by atoms with Gasteiger partial charge in [0.2, 0.25) is 5.89 Å². The van der Waals surface area contributed by atoms with Crippen molar-refractivity contribution in [1.82, 2.24) is 10.2 Å². The smallest absolute Gasteiger partial charge is 0.277 e. The van der Waals surface area contributed by atoms with E-state index in [9.17, 15) is 0 Å². The molecule has 112 valence electrons. The Balaban J connectivity index is 1.78. The van der Waals surface area contributed by atoms with Crippen LogP contribution in [0.25, 0.3) is 11.5 Å². The topological polar surface area (TPSA) is 66.6 Å². The Morgan fingerprint density at radius 3 is 2.76 bits per heavy atom. The molecule has 0 spiro atoms. The van der Waals surface area contributed by atoms with Crippen LogP contribution >= 0.6 is 11.8 Å². The van der Waals surface area contributed by atoms with Crippen LogP contribution in [0.3, 0.4) is 0 Å². The molecule has 2 heterocycles. The van der Waals surface area contributed by atoms with Gasteiger partial charge < -0.3 is 18.6 Å². The first-order valence-electron chi connectivity index (χ1n) is 6.60. The van der Waals surface area contributed by atoms with Crippen LogP contribution in [0.5, 0.6) is 11.5 Å². The molecule has 1 saturated heterocycles. The number of rotatable bonds is 5. The van der Waals surface area contributed by atoms with Crippen molar-refractivity contribution in [2.24, 2.45) is 0 Å². The molecule has 7 heteroatoms. The summed E-state index contributed by atoms with van der Waals surface area (Å²) in [6.07, 6.45) is 1.01. The lowest BCUT2D eigenvalue weighted by molar-refractivity contribution is 0.199. The van der Waals surface area contributed by atoms with Gasteiger partial charge in [0, 0.05) is 17.4 Å². The molecule has 3 rings (SSSR count). The number of benzene rings is 1. The number of nitrogens with zero attached hydrogens (tertiary/aromatic N) is 2. The molecule has 0 aliphatic carbocycles. The van der Waals surface area contributed by atoms with E-state index < -0.39 is 0 Å². The van der Waals surface area contributed by atoms with Crippen LogP contribution < -0.4 is 9.47 Å². The van der Waals surface area contributed by atoms with Crippen molar-refractivity contribution in [2.75, 3.05) is 27.4 Å². The molecule has 1 aliphatic rings. The van der Waals surface area contributed by atoms with E-state index in [0.717, 1.165) is 25.2 Å². The normalized spacial score (nSPS) is 17.9. The third-order valence-electron chi connectivity index (χ3n) is 3.19. The zero-order chi connectivity index (χ0) is 14.7. The van der Waals surface area contributed by atoms with Crippen LogP contribution in [-0.4, -0.2) is 42.9 Å². The highest BCUT2D eigenvalue weighted by molar-refractivity contribution is 7.99. The summed E-state index contributed by atoms with van der Waals surface area (Å²) in [4.78, 5) is 0. The molecule has 0 amide bonds. The number of methoxy groups -OCH3 is 2. The van der Waals surface area contributed by atoms with Gasteiger partial charge >= 0.3 is 0 Å². The zero-order valence-electron chi connectivity index (χ0n) is 11.9. The van der Waals surface area contributed by atoms with Gasteiger partial charge in [0.15, 0.2) is 11.5 Å². The number of hydrogen-bond acceptors (Lipinski definition) is 7. The number of thioether (sulfide) groups is 1. The maximum atomic E-state index is 5.69. The van der Waals surface area contributed by atoms with Crippen LogP contribution in [0.15, 0.2) is 27.8 Å². The van der Waals surface area contributed by atoms with Gasteiger partial charge in [0.25, 0.3) is 5.22 Å². The van der Waals surface area contributed by atoms with Crippen LogP contribution in [0, 0.1) is 0 Å². The molecule has 1 aromatic heterocycles. The summed E-state index contributed by atoms with van der Waals surface area (Å²) in [5.74, 6) is 1.77. The van der Waals surface area contributed by atoms with E-state index >= 15 is 0 Å². The third kappa shape index (κ3) is 3.14. The van der Waals surface area contributed by atoms with E-state index in [-0.39, 0.29) is 0 Å². The molecule has 0 bridgehead atoms. The van der Waals surface area contributed by atoms with Crippen LogP contribution in [0.2, 0.25) is 0 Å². The van der Waals surface area contributed by atoms with Crippen molar-refractivity contribution >= 4 is 11.8 Å². The molecule has 1 aromatic carbocycles. The Bertz CT molecular complexity index is 611. The molecular weight excluding hydrogens is 292 g/mol. The Labute approximate surface area is 126 Å². The van der Waals surface area contributed by atoms with Crippen LogP contribution in [-0.2, 0) is 4.74 Å². The van der Waals surface area contributed by atoms with Crippen molar-refractivity contribution in [3.63, 3.8) is 0 Å². The first kappa shape index (κ1) is 14.2. The molecule has 1 aliphatic heterocycles. The van der Waals surface area contributed by atoms with Gasteiger partial charge in [-0.05, 0) is 24.6 Å². The quantitative estimate of drug-likeness (QED) is 0.841. The van der Waals surface area contributed by atoms with Gasteiger partial charge in [-0.15, -0.1) is 10.2 Å². The number of hydrogen-bond donors (Lipinski definition) is 0. The predicted molar refractivity (Wildman–Crippen MR) is 77.9 cm³/mol. The highest BCUT2D eigenvalue weighted by Crippen LogP contribution is 2.34. The first-order valence-corrected chi connectivity index (χ1v) is 7.48. The second-order valence-electron chi connectivity index (χ2n) is 4.55. The average Bonchev–Trinajstić information content (AvgIpc) is 3.19. The second-order valence-corrected chi connectivity index (χ2v) is 5.80. The minimum Gasteiger partial charge on any atom is -0.493 e. The summed E-state index contributed by atoms with van der Waals surface area (Å²) >= 11 is 1.56. The summed E-state index contributed by atoms with van der Waals surface area (Å²) in [7, 11) is 3.19. The average molecular weight is 308 g/mol. The molecule has 0 saturated carbocycles. The lowest BCUT2D eigenvalue weighted by atomic mass is 10.2. The van der Waals surface area contributed by atoms with E-state index in [4.69, 9.17) is 18.6 Å². The van der Waals surface area contributed by atoms with Crippen molar-refractivity contribution in [3.05, 3.63) is 18.2 Å². The van der Waals surface area contributed by atoms with Crippen molar-refractivity contribution < 1.29 is 18.6 Å². The summed E-state index contributed by atoms with van der Waals surface area (Å²) in [5.41, 5.74) is 0.801. The van der Waals surface area contributed by atoms with Crippen LogP contribution in [0.1, 0.15) is 6.42 Å². The number of ether oxygens (including phenoxy) is 3. The second kappa shape index (κ2) is 6.36. The Kier molecular flexibility index (Phi) is 4.31. The molecule has 0 N–H and O–H groups in total. The summed E-state index contributed by atoms with van der Waals surface area (Å²) in [6.45, 7) is 1.53. The lowest BCUT2D eigenvalue weighted by Crippen LogP contribution is -1.99. The fourth-order valence-electron chi connectivity index (χ4n) is 2.09. The Morgan fingerprint density at radius 1 is 1.19 bits per heavy atom. The molecule has 6 nitrogen and oxygen atoms in total. The molecule has 0 radical (unpaired) electrons. The fraction of sp³-hybridized carbons (Fsp3) is 0.429. The largest absolute Gasteiger partial charge is 0.493 e. The van der Waals surface area contributed by atoms with E-state index in [1.165, 1.54) is 0 Å². The first-order chi connectivity index (χ1) is 10.3. The van der Waals surface area contributed by atoms with Gasteiger partial charge in [0.1, 0.15) is 0 Å². The molecule has 2 aromatic rings. The van der Waals surface area contributed by atoms with E-state index in [2.05, 4.69) is 10.2 Å². The monoisotopic (exact) mass is 308 g/mol. The SMILES string of the molecule is COc1ccc(-c2nnc(SC3CCOC3)o2)cc1OC. The minimum atomic E-state index is 0.392. The standard InChI is InChI=1S/C14H16N2O4S/c1-17-11-4-3-9(7-12(11)18-2)13-15-16-14(20-13)21-10-5-6-19-8-10/h3-4,7,10H,5-6,8H2,1-2H3. The summed E-state index contributed by atoms with van der Waals surface area (Å²) in [6, 6.07) is 5.50. The van der Waals surface area contributed by atoms with E-state index in [1.54, 1.807) is 26.0 Å². The van der Waals surface area contributed by atoms with Crippen molar-refractivity contribution in [3.8, 4) is 23.0 Å². The Morgan fingerprint density at radius 2 is 2.05 bits per heavy atom. The zero-order valence-corrected chi connectivity index (χ0v) is 12.7. The summed E-state index contributed by atoms with van der Waals surface area (Å²) < 4.78 is 21.5. The molecular formula is C14H16N2O4S. The molecule has 1 atom stereocenters. The minimum absolute atomic E-state index is 0.392. The van der Waals surface area contributed by atoms with Gasteiger partial charge in [-0.1, -0.05) is 11.8 Å². The molecule has 1 fully saturated rings. The van der Waals surface area contributed by atoms with Crippen molar-refractivity contribution in [2.45, 2.75) is 16.9 Å². The lowest BCUT2D eigenvalue weighted by Gasteiger charge is -2.07. The fourth-order valence-corrected chi connectivity index (χ4v) is 2.97. The van der Waals surface area contributed by atoms with Gasteiger partial charge in [-0.25, -0.2) is 0 Å². The molecule has 1 unspecified atom stereocenters. The summed E-state index contributed by atoms with van der Waals surface area (Å²) in [5, 5.41) is 9.11. The van der Waals surface area contributed by atoms with Gasteiger partial charge in [-0.2, -0.15) is 0 Å². The van der Waals surface area contributed by atoms with E-state index in [1.807, 2.05) is 18.2 Å². The third-order valence-corrected chi connectivity index (χ3v) is 4.26. The van der Waals surface area contributed by atoms with Gasteiger partial charge in [0.05, 0.1) is 20.8 Å². The predicted octanol–water partition coefficient (Wildman–Crippen LogP) is 2.63. The highest BCUT2D eigenvalue weighted by atomic mass is 32.2. The van der Waals surface area contributed by atoms with Crippen molar-refractivity contribution in [1.29, 1.82) is 0 Å². The van der Waals surface area contributed by atoms with Crippen LogP contribution in [0.4, 0.5) is 0 Å². The number of aromatic nitrogens is 2. The van der Waals surface area contributed by atoms with Gasteiger partial charge in [-0.3, -0.25) is 0 Å². The Hall–Kier alpha value is -1.73.